The molecule has 0 radical (unpaired) electrons. The molecule has 1 aliphatic rings. The van der Waals surface area contributed by atoms with Gasteiger partial charge in [-0.15, -0.1) is 12.4 Å². The molecule has 1 unspecified atom stereocenters. The van der Waals surface area contributed by atoms with Gasteiger partial charge in [0.2, 0.25) is 11.8 Å². The number of likely N-dealkylation sites (N-methyl/N-ethyl adjacent to an activating group) is 1. The quantitative estimate of drug-likeness (QED) is 0.643. The van der Waals surface area contributed by atoms with Crippen LogP contribution in [-0.4, -0.2) is 28.6 Å². The fourth-order valence-electron chi connectivity index (χ4n) is 3.70. The molecular weight excluding hydrogens is 390 g/mol. The highest BCUT2D eigenvalue weighted by Crippen LogP contribution is 2.25. The minimum atomic E-state index is -0.456. The van der Waals surface area contributed by atoms with Crippen LogP contribution in [0.1, 0.15) is 49.3 Å². The second-order valence-electron chi connectivity index (χ2n) is 7.41. The monoisotopic (exact) mass is 419 g/mol. The smallest absolute Gasteiger partial charge is 0.242 e. The summed E-state index contributed by atoms with van der Waals surface area (Å²) in [5, 5.41) is 13.1. The summed E-state index contributed by atoms with van der Waals surface area (Å²) in [6.07, 6.45) is 8.94. The number of benzene rings is 1. The minimum absolute atomic E-state index is 0. The molecule has 0 saturated heterocycles. The van der Waals surface area contributed by atoms with E-state index in [4.69, 9.17) is 0 Å². The average molecular weight is 420 g/mol. The molecule has 29 heavy (non-hydrogen) atoms. The Labute approximate surface area is 178 Å². The van der Waals surface area contributed by atoms with Crippen LogP contribution in [0.25, 0.3) is 0 Å². The molecule has 1 heterocycles. The molecule has 1 saturated carbocycles. The van der Waals surface area contributed by atoms with E-state index in [0.29, 0.717) is 6.54 Å². The van der Waals surface area contributed by atoms with Crippen molar-refractivity contribution < 1.29 is 9.59 Å². The normalized spacial score (nSPS) is 15.2. The van der Waals surface area contributed by atoms with Crippen LogP contribution in [-0.2, 0) is 23.2 Å². The fraction of sp³-hybridized carbons (Fsp3) is 0.476. The molecule has 2 aromatic rings. The molecule has 1 fully saturated rings. The van der Waals surface area contributed by atoms with E-state index in [0.717, 1.165) is 42.5 Å². The van der Waals surface area contributed by atoms with Gasteiger partial charge in [-0.05, 0) is 37.6 Å². The highest BCUT2D eigenvalue weighted by Gasteiger charge is 2.21. The van der Waals surface area contributed by atoms with Gasteiger partial charge in [-0.25, -0.2) is 0 Å². The zero-order valence-electron chi connectivity index (χ0n) is 17.0. The van der Waals surface area contributed by atoms with Crippen LogP contribution in [0, 0.1) is 5.92 Å². The van der Waals surface area contributed by atoms with Gasteiger partial charge in [0, 0.05) is 37.0 Å². The van der Waals surface area contributed by atoms with Crippen molar-refractivity contribution in [2.24, 2.45) is 13.0 Å². The van der Waals surface area contributed by atoms with Gasteiger partial charge in [0.05, 0.1) is 6.20 Å². The average Bonchev–Trinajstić information content (AvgIpc) is 3.14. The lowest BCUT2D eigenvalue weighted by Gasteiger charge is -2.21. The van der Waals surface area contributed by atoms with E-state index in [-0.39, 0.29) is 30.1 Å². The molecule has 7 nitrogen and oxygen atoms in total. The second kappa shape index (κ2) is 11.0. The fourth-order valence-corrected chi connectivity index (χ4v) is 3.70. The van der Waals surface area contributed by atoms with Gasteiger partial charge in [0.25, 0.3) is 0 Å². The van der Waals surface area contributed by atoms with Gasteiger partial charge in [-0.1, -0.05) is 31.4 Å². The maximum absolute atomic E-state index is 12.5. The number of carbonyl (C=O) groups is 2. The predicted molar refractivity (Wildman–Crippen MR) is 116 cm³/mol. The molecule has 1 aromatic heterocycles. The van der Waals surface area contributed by atoms with Crippen LogP contribution in [0.15, 0.2) is 36.7 Å². The first-order valence-electron chi connectivity index (χ1n) is 9.90. The Morgan fingerprint density at radius 2 is 2.00 bits per heavy atom. The van der Waals surface area contributed by atoms with Gasteiger partial charge in [0.1, 0.15) is 6.04 Å². The third-order valence-corrected chi connectivity index (χ3v) is 5.25. The van der Waals surface area contributed by atoms with Crippen molar-refractivity contribution in [2.75, 3.05) is 12.4 Å². The van der Waals surface area contributed by atoms with E-state index in [1.807, 2.05) is 37.5 Å². The molecule has 158 valence electrons. The number of rotatable bonds is 7. The summed E-state index contributed by atoms with van der Waals surface area (Å²) in [7, 11) is 3.57. The number of carbonyl (C=O) groups excluding carboxylic acids is 2. The van der Waals surface area contributed by atoms with Crippen LogP contribution in [0.4, 0.5) is 5.69 Å². The van der Waals surface area contributed by atoms with E-state index < -0.39 is 6.04 Å². The number of hydrogen-bond acceptors (Lipinski definition) is 4. The van der Waals surface area contributed by atoms with Crippen molar-refractivity contribution in [3.05, 3.63) is 47.8 Å². The summed E-state index contributed by atoms with van der Waals surface area (Å²) in [5.74, 6) is 0.104. The molecule has 1 aliphatic carbocycles. The van der Waals surface area contributed by atoms with Gasteiger partial charge < -0.3 is 16.0 Å². The number of nitrogens with zero attached hydrogens (tertiary/aromatic N) is 2. The maximum atomic E-state index is 12.5. The Morgan fingerprint density at radius 3 is 2.66 bits per heavy atom. The Balaban J connectivity index is 0.00000300. The molecule has 0 bridgehead atoms. The van der Waals surface area contributed by atoms with Gasteiger partial charge in [-0.2, -0.15) is 5.10 Å². The highest BCUT2D eigenvalue weighted by atomic mass is 35.5. The molecular formula is C21H30ClN5O2. The van der Waals surface area contributed by atoms with Crippen LogP contribution in [0.5, 0.6) is 0 Å². The van der Waals surface area contributed by atoms with E-state index in [2.05, 4.69) is 21.0 Å². The summed E-state index contributed by atoms with van der Waals surface area (Å²) in [4.78, 5) is 25.0. The molecule has 1 aromatic carbocycles. The van der Waals surface area contributed by atoms with Crippen molar-refractivity contribution >= 4 is 29.9 Å². The summed E-state index contributed by atoms with van der Waals surface area (Å²) in [5.41, 5.74) is 2.53. The number of nitrogens with one attached hydrogen (secondary N) is 3. The second-order valence-corrected chi connectivity index (χ2v) is 7.41. The first kappa shape index (κ1) is 22.9. The topological polar surface area (TPSA) is 88.1 Å². The van der Waals surface area contributed by atoms with Crippen molar-refractivity contribution in [1.82, 2.24) is 20.4 Å². The Bertz CT molecular complexity index is 817. The lowest BCUT2D eigenvalue weighted by atomic mass is 9.88. The molecule has 1 atom stereocenters. The Hall–Kier alpha value is -2.38. The largest absolute Gasteiger partial charge is 0.350 e. The summed E-state index contributed by atoms with van der Waals surface area (Å²) >= 11 is 0. The van der Waals surface area contributed by atoms with Crippen molar-refractivity contribution in [3.63, 3.8) is 0 Å². The van der Waals surface area contributed by atoms with E-state index in [1.165, 1.54) is 6.42 Å². The molecule has 3 N–H and O–H groups in total. The zero-order chi connectivity index (χ0) is 19.9. The van der Waals surface area contributed by atoms with E-state index in [9.17, 15) is 9.59 Å². The number of aromatic nitrogens is 2. The Morgan fingerprint density at radius 1 is 1.24 bits per heavy atom. The number of hydrogen-bond donors (Lipinski definition) is 3. The highest BCUT2D eigenvalue weighted by molar-refractivity contribution is 5.92. The summed E-state index contributed by atoms with van der Waals surface area (Å²) < 4.78 is 1.67. The zero-order valence-corrected chi connectivity index (χ0v) is 17.8. The van der Waals surface area contributed by atoms with E-state index >= 15 is 0 Å². The molecule has 0 spiro atoms. The first-order valence-corrected chi connectivity index (χ1v) is 9.90. The van der Waals surface area contributed by atoms with Gasteiger partial charge in [0.15, 0.2) is 0 Å². The van der Waals surface area contributed by atoms with Crippen molar-refractivity contribution in [1.29, 1.82) is 0 Å². The third kappa shape index (κ3) is 6.30. The SMILES string of the molecule is CNC(C(=O)NCc1cccc(NC(=O)C2CCCCC2)c1)c1cnn(C)c1.Cl. The first-order chi connectivity index (χ1) is 13.6. The van der Waals surface area contributed by atoms with Gasteiger partial charge >= 0.3 is 0 Å². The van der Waals surface area contributed by atoms with Crippen LogP contribution >= 0.6 is 12.4 Å². The predicted octanol–water partition coefficient (Wildman–Crippen LogP) is 2.94. The molecule has 2 amide bonds. The third-order valence-electron chi connectivity index (χ3n) is 5.25. The number of halogens is 1. The maximum Gasteiger partial charge on any atom is 0.242 e. The molecule has 3 rings (SSSR count). The van der Waals surface area contributed by atoms with Crippen molar-refractivity contribution in [2.45, 2.75) is 44.7 Å². The Kier molecular flexibility index (Phi) is 8.67. The van der Waals surface area contributed by atoms with Crippen LogP contribution in [0.2, 0.25) is 0 Å². The number of amides is 2. The summed E-state index contributed by atoms with van der Waals surface area (Å²) in [6.45, 7) is 0.393. The number of aryl methyl sites for hydroxylation is 1. The minimum Gasteiger partial charge on any atom is -0.350 e. The lowest BCUT2D eigenvalue weighted by Crippen LogP contribution is -2.35. The molecule has 8 heteroatoms. The standard InChI is InChI=1S/C21H29N5O2.ClH/c1-22-19(17-13-24-26(2)14-17)21(28)23-12-15-7-6-10-18(11-15)25-20(27)16-8-4-3-5-9-16;/h6-7,10-11,13-14,16,19,22H,3-5,8-9,12H2,1-2H3,(H,23,28)(H,25,27);1H. The van der Waals surface area contributed by atoms with Crippen LogP contribution < -0.4 is 16.0 Å². The summed E-state index contributed by atoms with van der Waals surface area (Å²) in [6, 6.07) is 7.18. The lowest BCUT2D eigenvalue weighted by molar-refractivity contribution is -0.123. The van der Waals surface area contributed by atoms with Crippen LogP contribution in [0.3, 0.4) is 0 Å². The molecule has 0 aliphatic heterocycles. The van der Waals surface area contributed by atoms with Gasteiger partial charge in [-0.3, -0.25) is 14.3 Å². The number of anilines is 1. The van der Waals surface area contributed by atoms with E-state index in [1.54, 1.807) is 17.9 Å². The van der Waals surface area contributed by atoms with Crippen molar-refractivity contribution in [3.8, 4) is 0 Å².